The summed E-state index contributed by atoms with van der Waals surface area (Å²) >= 11 is 5.32. The van der Waals surface area contributed by atoms with Gasteiger partial charge in [0.2, 0.25) is 0 Å². The molecule has 0 aliphatic heterocycles. The lowest BCUT2D eigenvalue weighted by Crippen LogP contribution is -2.44. The van der Waals surface area contributed by atoms with Crippen LogP contribution in [0.2, 0.25) is 0 Å². The maximum absolute atomic E-state index is 5.32. The van der Waals surface area contributed by atoms with E-state index in [1.165, 1.54) is 0 Å². The lowest BCUT2D eigenvalue weighted by Gasteiger charge is -2.25. The Morgan fingerprint density at radius 1 is 1.19 bits per heavy atom. The van der Waals surface area contributed by atoms with Crippen LogP contribution in [0.1, 0.15) is 13.8 Å². The van der Waals surface area contributed by atoms with Crippen LogP contribution in [0.15, 0.2) is 0 Å². The number of ether oxygens (including phenoxy) is 2. The molecule has 0 heterocycles. The molecular weight excluding hydrogens is 224 g/mol. The molecule has 4 nitrogen and oxygen atoms in total. The molecule has 0 amide bonds. The zero-order valence-corrected chi connectivity index (χ0v) is 11.6. The Morgan fingerprint density at radius 3 is 2.06 bits per heavy atom. The molecule has 0 spiro atoms. The second kappa shape index (κ2) is 9.81. The topological polar surface area (TPSA) is 33.7 Å². The molecule has 0 aromatic heterocycles. The molecule has 0 saturated heterocycles. The van der Waals surface area contributed by atoms with Crippen molar-refractivity contribution in [3.8, 4) is 0 Å². The van der Waals surface area contributed by atoms with Crippen LogP contribution in [0.25, 0.3) is 0 Å². The van der Waals surface area contributed by atoms with E-state index in [1.54, 1.807) is 14.2 Å². The Kier molecular flexibility index (Phi) is 9.57. The lowest BCUT2D eigenvalue weighted by molar-refractivity contribution is 0.145. The van der Waals surface area contributed by atoms with Gasteiger partial charge in [-0.05, 0) is 18.1 Å². The molecule has 0 saturated carbocycles. The average molecular weight is 248 g/mol. The smallest absolute Gasteiger partial charge is 0.169 e. The van der Waals surface area contributed by atoms with Gasteiger partial charge in [-0.25, -0.2) is 0 Å². The van der Waals surface area contributed by atoms with Crippen LogP contribution >= 0.6 is 12.2 Å². The highest BCUT2D eigenvalue weighted by Gasteiger charge is 2.08. The molecule has 0 fully saturated rings. The highest BCUT2D eigenvalue weighted by Crippen LogP contribution is 1.94. The molecule has 0 aliphatic rings. The number of thiocarbonyl (C=S) groups is 1. The van der Waals surface area contributed by atoms with Crippen LogP contribution in [0.3, 0.4) is 0 Å². The van der Waals surface area contributed by atoms with Gasteiger partial charge in [-0.3, -0.25) is 0 Å². The lowest BCUT2D eigenvalue weighted by atomic mass is 10.2. The van der Waals surface area contributed by atoms with E-state index in [2.05, 4.69) is 24.1 Å². The molecule has 16 heavy (non-hydrogen) atoms. The number of methoxy groups -OCH3 is 2. The first-order valence-corrected chi connectivity index (χ1v) is 6.03. The molecule has 5 heteroatoms. The summed E-state index contributed by atoms with van der Waals surface area (Å²) in [4.78, 5) is 2.07. The Bertz CT molecular complexity index is 181. The van der Waals surface area contributed by atoms with Gasteiger partial charge in [-0.2, -0.15) is 0 Å². The molecule has 0 aromatic rings. The van der Waals surface area contributed by atoms with Gasteiger partial charge in [-0.1, -0.05) is 13.8 Å². The summed E-state index contributed by atoms with van der Waals surface area (Å²) in [5, 5.41) is 4.03. The third kappa shape index (κ3) is 7.84. The molecule has 0 atom stereocenters. The second-order valence-corrected chi connectivity index (χ2v) is 4.44. The predicted octanol–water partition coefficient (Wildman–Crippen LogP) is 1.11. The molecule has 0 rings (SSSR count). The summed E-state index contributed by atoms with van der Waals surface area (Å²) in [6.07, 6.45) is 0. The molecule has 96 valence electrons. The number of rotatable bonds is 8. The van der Waals surface area contributed by atoms with E-state index in [-0.39, 0.29) is 0 Å². The summed E-state index contributed by atoms with van der Waals surface area (Å²) in [6.45, 7) is 8.15. The average Bonchev–Trinajstić information content (AvgIpc) is 2.26. The van der Waals surface area contributed by atoms with Crippen LogP contribution in [0.4, 0.5) is 0 Å². The van der Waals surface area contributed by atoms with E-state index in [1.807, 2.05) is 0 Å². The van der Waals surface area contributed by atoms with Gasteiger partial charge in [0.05, 0.1) is 13.2 Å². The van der Waals surface area contributed by atoms with Gasteiger partial charge in [-0.15, -0.1) is 0 Å². The number of nitrogens with zero attached hydrogens (tertiary/aromatic N) is 1. The van der Waals surface area contributed by atoms with Gasteiger partial charge in [0.25, 0.3) is 0 Å². The van der Waals surface area contributed by atoms with Gasteiger partial charge < -0.3 is 19.7 Å². The van der Waals surface area contributed by atoms with Crippen molar-refractivity contribution in [3.63, 3.8) is 0 Å². The standard InChI is InChI=1S/C11H24N2O2S/c1-10(2)9-12-11(16)13(5-7-14-3)6-8-15-4/h10H,5-9H2,1-4H3,(H,12,16). The Hall–Kier alpha value is -0.390. The molecule has 0 unspecified atom stereocenters. The van der Waals surface area contributed by atoms with Crippen molar-refractivity contribution in [1.29, 1.82) is 0 Å². The summed E-state index contributed by atoms with van der Waals surface area (Å²) in [5.41, 5.74) is 0. The molecular formula is C11H24N2O2S. The van der Waals surface area contributed by atoms with Gasteiger partial charge in [0, 0.05) is 33.9 Å². The van der Waals surface area contributed by atoms with E-state index in [9.17, 15) is 0 Å². The minimum Gasteiger partial charge on any atom is -0.383 e. The Morgan fingerprint density at radius 2 is 1.69 bits per heavy atom. The molecule has 0 radical (unpaired) electrons. The van der Waals surface area contributed by atoms with Crippen molar-refractivity contribution in [3.05, 3.63) is 0 Å². The zero-order chi connectivity index (χ0) is 12.4. The first-order valence-electron chi connectivity index (χ1n) is 5.62. The van der Waals surface area contributed by atoms with E-state index < -0.39 is 0 Å². The van der Waals surface area contributed by atoms with Crippen molar-refractivity contribution in [1.82, 2.24) is 10.2 Å². The largest absolute Gasteiger partial charge is 0.383 e. The quantitative estimate of drug-likeness (QED) is 0.651. The Balaban J connectivity index is 3.98. The van der Waals surface area contributed by atoms with E-state index in [0.717, 1.165) is 24.7 Å². The summed E-state index contributed by atoms with van der Waals surface area (Å²) in [6, 6.07) is 0. The van der Waals surface area contributed by atoms with E-state index in [0.29, 0.717) is 19.1 Å². The number of nitrogens with one attached hydrogen (secondary N) is 1. The van der Waals surface area contributed by atoms with Crippen molar-refractivity contribution in [2.75, 3.05) is 47.1 Å². The summed E-state index contributed by atoms with van der Waals surface area (Å²) in [5.74, 6) is 0.588. The monoisotopic (exact) mass is 248 g/mol. The predicted molar refractivity (Wildman–Crippen MR) is 70.8 cm³/mol. The Labute approximate surface area is 104 Å². The third-order valence-electron chi connectivity index (χ3n) is 2.08. The van der Waals surface area contributed by atoms with Crippen LogP contribution in [-0.2, 0) is 9.47 Å². The van der Waals surface area contributed by atoms with Crippen molar-refractivity contribution in [2.45, 2.75) is 13.8 Å². The fraction of sp³-hybridized carbons (Fsp3) is 0.909. The fourth-order valence-corrected chi connectivity index (χ4v) is 1.39. The maximum atomic E-state index is 5.32. The van der Waals surface area contributed by atoms with Crippen LogP contribution in [0.5, 0.6) is 0 Å². The van der Waals surface area contributed by atoms with Gasteiger partial charge >= 0.3 is 0 Å². The molecule has 0 aliphatic carbocycles. The maximum Gasteiger partial charge on any atom is 0.169 e. The SMILES string of the molecule is COCCN(CCOC)C(=S)NCC(C)C. The summed E-state index contributed by atoms with van der Waals surface area (Å²) in [7, 11) is 3.39. The number of hydrogen-bond acceptors (Lipinski definition) is 3. The van der Waals surface area contributed by atoms with Gasteiger partial charge in [0.1, 0.15) is 0 Å². The first kappa shape index (κ1) is 15.6. The zero-order valence-electron chi connectivity index (χ0n) is 10.8. The highest BCUT2D eigenvalue weighted by molar-refractivity contribution is 7.80. The minimum absolute atomic E-state index is 0.588. The molecule has 0 bridgehead atoms. The van der Waals surface area contributed by atoms with E-state index >= 15 is 0 Å². The van der Waals surface area contributed by atoms with Crippen LogP contribution in [0, 0.1) is 5.92 Å². The van der Waals surface area contributed by atoms with Crippen LogP contribution in [-0.4, -0.2) is 57.1 Å². The molecule has 0 aromatic carbocycles. The highest BCUT2D eigenvalue weighted by atomic mass is 32.1. The third-order valence-corrected chi connectivity index (χ3v) is 2.48. The normalized spacial score (nSPS) is 10.6. The van der Waals surface area contributed by atoms with Crippen molar-refractivity contribution in [2.24, 2.45) is 5.92 Å². The molecule has 1 N–H and O–H groups in total. The van der Waals surface area contributed by atoms with E-state index in [4.69, 9.17) is 21.7 Å². The fourth-order valence-electron chi connectivity index (χ4n) is 1.12. The first-order chi connectivity index (χ1) is 7.61. The van der Waals surface area contributed by atoms with Gasteiger partial charge in [0.15, 0.2) is 5.11 Å². The minimum atomic E-state index is 0.588. The summed E-state index contributed by atoms with van der Waals surface area (Å²) < 4.78 is 10.1. The van der Waals surface area contributed by atoms with Crippen molar-refractivity contribution < 1.29 is 9.47 Å². The van der Waals surface area contributed by atoms with Crippen molar-refractivity contribution >= 4 is 17.3 Å². The van der Waals surface area contributed by atoms with Crippen LogP contribution < -0.4 is 5.32 Å². The number of hydrogen-bond donors (Lipinski definition) is 1. The second-order valence-electron chi connectivity index (χ2n) is 4.05.